The molecule has 5 heteroatoms. The minimum absolute atomic E-state index is 0.118. The topological polar surface area (TPSA) is 64.6 Å². The number of carbonyl (C=O) groups is 2. The molecule has 22 heavy (non-hydrogen) atoms. The Hall–Kier alpha value is -1.52. The van der Waals surface area contributed by atoms with Gasteiger partial charge in [0.05, 0.1) is 6.61 Å². The Labute approximate surface area is 134 Å². The van der Waals surface area contributed by atoms with Crippen molar-refractivity contribution in [1.82, 2.24) is 5.32 Å². The van der Waals surface area contributed by atoms with Crippen LogP contribution in [0.1, 0.15) is 59.3 Å². The number of carbonyl (C=O) groups excluding carboxylic acids is 2. The lowest BCUT2D eigenvalue weighted by molar-refractivity contribution is -0.146. The predicted molar refractivity (Wildman–Crippen MR) is 87.6 cm³/mol. The molecule has 1 atom stereocenters. The van der Waals surface area contributed by atoms with Crippen molar-refractivity contribution in [2.24, 2.45) is 5.92 Å². The first-order valence-electron chi connectivity index (χ1n) is 8.22. The summed E-state index contributed by atoms with van der Waals surface area (Å²) in [5.74, 6) is -0.124. The number of hydrogen-bond donors (Lipinski definition) is 1. The highest BCUT2D eigenvalue weighted by Gasteiger charge is 2.23. The highest BCUT2D eigenvalue weighted by atomic mass is 16.6. The van der Waals surface area contributed by atoms with Crippen LogP contribution in [0.5, 0.6) is 0 Å². The van der Waals surface area contributed by atoms with Crippen LogP contribution in [0.15, 0.2) is 12.7 Å². The molecule has 0 aliphatic heterocycles. The molecule has 0 fully saturated rings. The standard InChI is InChI=1S/C17H31NO4/c1-5-7-8-9-10-12-21-16(19)15(13-14(3)4)18-17(20)22-11-6-2/h6,14-15H,2,5,7-13H2,1,3-4H3,(H,18,20). The van der Waals surface area contributed by atoms with E-state index in [4.69, 9.17) is 9.47 Å². The summed E-state index contributed by atoms with van der Waals surface area (Å²) >= 11 is 0. The summed E-state index contributed by atoms with van der Waals surface area (Å²) in [6.45, 7) is 10.1. The molecule has 1 unspecified atom stereocenters. The lowest BCUT2D eigenvalue weighted by Crippen LogP contribution is -2.43. The van der Waals surface area contributed by atoms with Crippen LogP contribution in [0, 0.1) is 5.92 Å². The SMILES string of the molecule is C=CCOC(=O)NC(CC(C)C)C(=O)OCCCCCCC. The summed E-state index contributed by atoms with van der Waals surface area (Å²) in [5, 5.41) is 2.56. The lowest BCUT2D eigenvalue weighted by Gasteiger charge is -2.19. The van der Waals surface area contributed by atoms with E-state index < -0.39 is 12.1 Å². The van der Waals surface area contributed by atoms with E-state index in [-0.39, 0.29) is 18.5 Å². The molecule has 0 radical (unpaired) electrons. The van der Waals surface area contributed by atoms with Crippen molar-refractivity contribution < 1.29 is 19.1 Å². The molecular weight excluding hydrogens is 282 g/mol. The van der Waals surface area contributed by atoms with E-state index >= 15 is 0 Å². The molecule has 0 saturated carbocycles. The Morgan fingerprint density at radius 2 is 1.82 bits per heavy atom. The van der Waals surface area contributed by atoms with Gasteiger partial charge in [0, 0.05) is 0 Å². The minimum Gasteiger partial charge on any atom is -0.464 e. The highest BCUT2D eigenvalue weighted by Crippen LogP contribution is 2.08. The summed E-state index contributed by atoms with van der Waals surface area (Å²) in [7, 11) is 0. The van der Waals surface area contributed by atoms with Crippen LogP contribution < -0.4 is 5.32 Å². The Morgan fingerprint density at radius 3 is 2.41 bits per heavy atom. The molecule has 1 N–H and O–H groups in total. The fourth-order valence-electron chi connectivity index (χ4n) is 1.98. The fourth-order valence-corrected chi connectivity index (χ4v) is 1.98. The van der Waals surface area contributed by atoms with Gasteiger partial charge in [0.15, 0.2) is 0 Å². The normalized spacial score (nSPS) is 11.8. The van der Waals surface area contributed by atoms with Crippen LogP contribution in [0.25, 0.3) is 0 Å². The lowest BCUT2D eigenvalue weighted by atomic mass is 10.0. The van der Waals surface area contributed by atoms with Crippen molar-refractivity contribution >= 4 is 12.1 Å². The van der Waals surface area contributed by atoms with Gasteiger partial charge in [0.2, 0.25) is 0 Å². The molecule has 0 bridgehead atoms. The van der Waals surface area contributed by atoms with Gasteiger partial charge in [0.1, 0.15) is 12.6 Å². The van der Waals surface area contributed by atoms with Crippen LogP contribution in [0.4, 0.5) is 4.79 Å². The fraction of sp³-hybridized carbons (Fsp3) is 0.765. The van der Waals surface area contributed by atoms with Gasteiger partial charge in [0.25, 0.3) is 0 Å². The quantitative estimate of drug-likeness (QED) is 0.338. The zero-order valence-corrected chi connectivity index (χ0v) is 14.2. The van der Waals surface area contributed by atoms with Gasteiger partial charge in [-0.2, -0.15) is 0 Å². The van der Waals surface area contributed by atoms with Gasteiger partial charge >= 0.3 is 12.1 Å². The molecular formula is C17H31NO4. The molecule has 0 rings (SSSR count). The van der Waals surface area contributed by atoms with Crippen LogP contribution in [-0.2, 0) is 14.3 Å². The Bertz CT molecular complexity index is 329. The van der Waals surface area contributed by atoms with Crippen molar-refractivity contribution in [3.05, 3.63) is 12.7 Å². The van der Waals surface area contributed by atoms with Crippen molar-refractivity contribution in [2.45, 2.75) is 65.3 Å². The molecule has 0 aromatic carbocycles. The number of rotatable bonds is 12. The summed E-state index contributed by atoms with van der Waals surface area (Å²) in [5.41, 5.74) is 0. The van der Waals surface area contributed by atoms with E-state index in [1.165, 1.54) is 18.9 Å². The number of amides is 1. The zero-order chi connectivity index (χ0) is 16.8. The maximum absolute atomic E-state index is 12.1. The third kappa shape index (κ3) is 11.2. The largest absolute Gasteiger partial charge is 0.464 e. The summed E-state index contributed by atoms with van der Waals surface area (Å²) in [6.07, 6.45) is 6.86. The van der Waals surface area contributed by atoms with Crippen LogP contribution in [0.3, 0.4) is 0 Å². The van der Waals surface area contributed by atoms with E-state index in [2.05, 4.69) is 18.8 Å². The highest BCUT2D eigenvalue weighted by molar-refractivity contribution is 5.81. The van der Waals surface area contributed by atoms with Crippen LogP contribution >= 0.6 is 0 Å². The third-order valence-corrected chi connectivity index (χ3v) is 3.11. The van der Waals surface area contributed by atoms with E-state index in [1.54, 1.807) is 0 Å². The second kappa shape index (κ2) is 13.2. The predicted octanol–water partition coefficient (Wildman–Crippen LogP) is 3.83. The molecule has 0 aromatic heterocycles. The molecule has 0 spiro atoms. The molecule has 0 aliphatic rings. The summed E-state index contributed by atoms with van der Waals surface area (Å²) in [4.78, 5) is 23.6. The maximum Gasteiger partial charge on any atom is 0.408 e. The number of hydrogen-bond acceptors (Lipinski definition) is 4. The number of unbranched alkanes of at least 4 members (excludes halogenated alkanes) is 4. The van der Waals surface area contributed by atoms with Crippen molar-refractivity contribution in [2.75, 3.05) is 13.2 Å². The first kappa shape index (κ1) is 20.5. The maximum atomic E-state index is 12.1. The Kier molecular flexibility index (Phi) is 12.3. The number of alkyl carbamates (subject to hydrolysis) is 1. The summed E-state index contributed by atoms with van der Waals surface area (Å²) < 4.78 is 10.1. The van der Waals surface area contributed by atoms with E-state index in [1.807, 2.05) is 13.8 Å². The Morgan fingerprint density at radius 1 is 1.14 bits per heavy atom. The zero-order valence-electron chi connectivity index (χ0n) is 14.2. The number of esters is 1. The van der Waals surface area contributed by atoms with Crippen molar-refractivity contribution in [1.29, 1.82) is 0 Å². The molecule has 1 amide bonds. The van der Waals surface area contributed by atoms with Gasteiger partial charge in [-0.3, -0.25) is 0 Å². The number of ether oxygens (including phenoxy) is 2. The van der Waals surface area contributed by atoms with Gasteiger partial charge in [-0.15, -0.1) is 0 Å². The van der Waals surface area contributed by atoms with E-state index in [9.17, 15) is 9.59 Å². The summed E-state index contributed by atoms with van der Waals surface area (Å²) in [6, 6.07) is -0.659. The second-order valence-electron chi connectivity index (χ2n) is 5.80. The van der Waals surface area contributed by atoms with Gasteiger partial charge in [-0.05, 0) is 18.8 Å². The van der Waals surface area contributed by atoms with E-state index in [0.717, 1.165) is 19.3 Å². The third-order valence-electron chi connectivity index (χ3n) is 3.11. The minimum atomic E-state index is -0.659. The molecule has 0 aliphatic carbocycles. The molecule has 128 valence electrons. The first-order valence-corrected chi connectivity index (χ1v) is 8.22. The molecule has 0 saturated heterocycles. The average molecular weight is 313 g/mol. The number of nitrogens with one attached hydrogen (secondary N) is 1. The first-order chi connectivity index (χ1) is 10.5. The van der Waals surface area contributed by atoms with Gasteiger partial charge < -0.3 is 14.8 Å². The van der Waals surface area contributed by atoms with Gasteiger partial charge in [-0.25, -0.2) is 9.59 Å². The van der Waals surface area contributed by atoms with Crippen molar-refractivity contribution in [3.8, 4) is 0 Å². The van der Waals surface area contributed by atoms with Gasteiger partial charge in [-0.1, -0.05) is 59.1 Å². The van der Waals surface area contributed by atoms with E-state index in [0.29, 0.717) is 13.0 Å². The monoisotopic (exact) mass is 313 g/mol. The van der Waals surface area contributed by atoms with Crippen LogP contribution in [0.2, 0.25) is 0 Å². The molecule has 0 heterocycles. The Balaban J connectivity index is 4.15. The second-order valence-corrected chi connectivity index (χ2v) is 5.80. The smallest absolute Gasteiger partial charge is 0.408 e. The molecule has 0 aromatic rings. The van der Waals surface area contributed by atoms with Crippen LogP contribution in [-0.4, -0.2) is 31.3 Å². The van der Waals surface area contributed by atoms with Crippen molar-refractivity contribution in [3.63, 3.8) is 0 Å². The average Bonchev–Trinajstić information content (AvgIpc) is 2.47. The molecule has 5 nitrogen and oxygen atoms in total.